The van der Waals surface area contributed by atoms with Crippen molar-refractivity contribution in [3.05, 3.63) is 70.0 Å². The van der Waals surface area contributed by atoms with Gasteiger partial charge in [0.2, 0.25) is 0 Å². The Kier molecular flexibility index (Phi) is 7.28. The Balaban J connectivity index is 1.89. The summed E-state index contributed by atoms with van der Waals surface area (Å²) in [6.07, 6.45) is 0. The zero-order valence-electron chi connectivity index (χ0n) is 18.5. The highest BCUT2D eigenvalue weighted by atomic mass is 35.5. The third-order valence-electron chi connectivity index (χ3n) is 4.63. The molecule has 3 rings (SSSR count). The maximum atomic E-state index is 12.2. The van der Waals surface area contributed by atoms with Crippen LogP contribution in [0.2, 0.25) is 5.02 Å². The highest BCUT2D eigenvalue weighted by Crippen LogP contribution is 2.29. The zero-order valence-corrected chi connectivity index (χ0v) is 20.1. The van der Waals surface area contributed by atoms with Gasteiger partial charge in [-0.15, -0.1) is 10.2 Å². The second kappa shape index (κ2) is 9.75. The van der Waals surface area contributed by atoms with E-state index in [-0.39, 0.29) is 18.1 Å². The molecule has 0 atom stereocenters. The summed E-state index contributed by atoms with van der Waals surface area (Å²) in [6.45, 7) is 10.2. The van der Waals surface area contributed by atoms with Crippen molar-refractivity contribution in [3.8, 4) is 5.69 Å². The minimum absolute atomic E-state index is 0.242. The van der Waals surface area contributed by atoms with Gasteiger partial charge in [0.05, 0.1) is 12.2 Å². The number of carbonyl (C=O) groups is 1. The van der Waals surface area contributed by atoms with Crippen LogP contribution < -0.4 is 10.6 Å². The van der Waals surface area contributed by atoms with E-state index in [9.17, 15) is 4.79 Å². The average Bonchev–Trinajstić information content (AvgIpc) is 3.09. The molecular weight excluding hydrogens is 430 g/mol. The lowest BCUT2D eigenvalue weighted by molar-refractivity contribution is 0.231. The minimum Gasteiger partial charge on any atom is -0.334 e. The molecule has 3 aromatic rings. The van der Waals surface area contributed by atoms with Gasteiger partial charge in [-0.05, 0) is 63.4 Å². The number of hydrogen-bond acceptors (Lipinski definition) is 4. The van der Waals surface area contributed by atoms with E-state index >= 15 is 0 Å². The van der Waals surface area contributed by atoms with Crippen LogP contribution in [0.3, 0.4) is 0 Å². The fourth-order valence-corrected chi connectivity index (χ4v) is 4.24. The minimum atomic E-state index is -0.324. The number of thioether (sulfide) groups is 1. The van der Waals surface area contributed by atoms with Crippen molar-refractivity contribution >= 4 is 29.4 Å². The standard InChI is InChI=1S/C23H28ClN5OS/c1-15-8-6-7-9-17(15)14-31-22-28-27-20(13-25-21(30)26-23(3,4)5)29(22)19-12-18(24)11-10-16(19)2/h6-12H,13-14H2,1-5H3,(H2,25,26,30). The number of amides is 2. The lowest BCUT2D eigenvalue weighted by atomic mass is 10.1. The molecule has 2 N–H and O–H groups in total. The molecule has 0 saturated carbocycles. The monoisotopic (exact) mass is 457 g/mol. The summed E-state index contributed by atoms with van der Waals surface area (Å²) in [5.74, 6) is 1.41. The van der Waals surface area contributed by atoms with Gasteiger partial charge in [0.25, 0.3) is 0 Å². The Hall–Kier alpha value is -2.51. The van der Waals surface area contributed by atoms with Gasteiger partial charge in [0.1, 0.15) is 0 Å². The van der Waals surface area contributed by atoms with Gasteiger partial charge < -0.3 is 10.6 Å². The van der Waals surface area contributed by atoms with Crippen molar-refractivity contribution in [2.75, 3.05) is 0 Å². The maximum Gasteiger partial charge on any atom is 0.315 e. The molecule has 0 spiro atoms. The normalized spacial score (nSPS) is 11.4. The Morgan fingerprint density at radius 1 is 1.10 bits per heavy atom. The lowest BCUT2D eigenvalue weighted by Crippen LogP contribution is -2.46. The highest BCUT2D eigenvalue weighted by Gasteiger charge is 2.19. The topological polar surface area (TPSA) is 71.8 Å². The molecule has 0 radical (unpaired) electrons. The number of benzene rings is 2. The molecule has 2 aromatic carbocycles. The van der Waals surface area contributed by atoms with Gasteiger partial charge in [-0.2, -0.15) is 0 Å². The Labute approximate surface area is 192 Å². The summed E-state index contributed by atoms with van der Waals surface area (Å²) in [7, 11) is 0. The van der Waals surface area contributed by atoms with Crippen molar-refractivity contribution in [1.29, 1.82) is 0 Å². The molecule has 1 aromatic heterocycles. The number of aryl methyl sites for hydroxylation is 2. The zero-order chi connectivity index (χ0) is 22.6. The van der Waals surface area contributed by atoms with E-state index in [4.69, 9.17) is 11.6 Å². The average molecular weight is 458 g/mol. The first kappa shape index (κ1) is 23.2. The fourth-order valence-electron chi connectivity index (χ4n) is 3.03. The summed E-state index contributed by atoms with van der Waals surface area (Å²) < 4.78 is 1.97. The van der Waals surface area contributed by atoms with Gasteiger partial charge >= 0.3 is 6.03 Å². The predicted octanol–water partition coefficient (Wildman–Crippen LogP) is 5.43. The number of urea groups is 1. The molecule has 8 heteroatoms. The first-order chi connectivity index (χ1) is 14.6. The van der Waals surface area contributed by atoms with Gasteiger partial charge in [0.15, 0.2) is 11.0 Å². The summed E-state index contributed by atoms with van der Waals surface area (Å²) in [5.41, 5.74) is 4.10. The second-order valence-corrected chi connectivity index (χ2v) is 9.82. The van der Waals surface area contributed by atoms with Crippen LogP contribution in [0.25, 0.3) is 5.69 Å². The third kappa shape index (κ3) is 6.24. The molecule has 164 valence electrons. The number of hydrogen-bond donors (Lipinski definition) is 2. The summed E-state index contributed by atoms with van der Waals surface area (Å²) >= 11 is 7.90. The van der Waals surface area contributed by atoms with E-state index in [1.807, 2.05) is 62.6 Å². The van der Waals surface area contributed by atoms with E-state index < -0.39 is 0 Å². The van der Waals surface area contributed by atoms with Crippen molar-refractivity contribution in [1.82, 2.24) is 25.4 Å². The highest BCUT2D eigenvalue weighted by molar-refractivity contribution is 7.98. The third-order valence-corrected chi connectivity index (χ3v) is 5.84. The summed E-state index contributed by atoms with van der Waals surface area (Å²) in [4.78, 5) is 12.2. The van der Waals surface area contributed by atoms with E-state index in [1.54, 1.807) is 11.8 Å². The maximum absolute atomic E-state index is 12.2. The first-order valence-corrected chi connectivity index (χ1v) is 11.4. The molecule has 6 nitrogen and oxygen atoms in total. The van der Waals surface area contributed by atoms with Crippen LogP contribution in [0, 0.1) is 13.8 Å². The quantitative estimate of drug-likeness (QED) is 0.484. The van der Waals surface area contributed by atoms with Crippen LogP contribution in [0.5, 0.6) is 0 Å². The van der Waals surface area contributed by atoms with E-state index in [2.05, 4.69) is 39.9 Å². The predicted molar refractivity (Wildman–Crippen MR) is 127 cm³/mol. The summed E-state index contributed by atoms with van der Waals surface area (Å²) in [5, 5.41) is 16.0. The van der Waals surface area contributed by atoms with Crippen molar-refractivity contribution in [2.45, 2.75) is 57.6 Å². The molecule has 0 aliphatic carbocycles. The number of nitrogens with zero attached hydrogens (tertiary/aromatic N) is 3. The molecule has 31 heavy (non-hydrogen) atoms. The van der Waals surface area contributed by atoms with Crippen LogP contribution >= 0.6 is 23.4 Å². The smallest absolute Gasteiger partial charge is 0.315 e. The molecule has 2 amide bonds. The number of rotatable bonds is 6. The van der Waals surface area contributed by atoms with Crippen LogP contribution in [0.1, 0.15) is 43.3 Å². The largest absolute Gasteiger partial charge is 0.334 e. The van der Waals surface area contributed by atoms with Gasteiger partial charge in [-0.3, -0.25) is 4.57 Å². The van der Waals surface area contributed by atoms with Crippen molar-refractivity contribution < 1.29 is 4.79 Å². The number of halogens is 1. The van der Waals surface area contributed by atoms with Crippen molar-refractivity contribution in [3.63, 3.8) is 0 Å². The number of carbonyl (C=O) groups excluding carboxylic acids is 1. The fraction of sp³-hybridized carbons (Fsp3) is 0.348. The lowest BCUT2D eigenvalue weighted by Gasteiger charge is -2.21. The number of aromatic nitrogens is 3. The molecule has 0 fully saturated rings. The van der Waals surface area contributed by atoms with Crippen LogP contribution in [0.15, 0.2) is 47.6 Å². The van der Waals surface area contributed by atoms with E-state index in [1.165, 1.54) is 11.1 Å². The molecule has 1 heterocycles. The summed E-state index contributed by atoms with van der Waals surface area (Å²) in [6, 6.07) is 13.8. The Morgan fingerprint density at radius 3 is 2.55 bits per heavy atom. The molecular formula is C23H28ClN5OS. The van der Waals surface area contributed by atoms with Crippen LogP contribution in [-0.4, -0.2) is 26.3 Å². The van der Waals surface area contributed by atoms with Crippen LogP contribution in [-0.2, 0) is 12.3 Å². The van der Waals surface area contributed by atoms with Crippen molar-refractivity contribution in [2.24, 2.45) is 0 Å². The molecule has 0 aliphatic rings. The Morgan fingerprint density at radius 2 is 1.84 bits per heavy atom. The van der Waals surface area contributed by atoms with E-state index in [0.717, 1.165) is 22.2 Å². The van der Waals surface area contributed by atoms with E-state index in [0.29, 0.717) is 10.8 Å². The SMILES string of the molecule is Cc1ccccc1CSc1nnc(CNC(=O)NC(C)(C)C)n1-c1cc(Cl)ccc1C. The Bertz CT molecular complexity index is 1070. The second-order valence-electron chi connectivity index (χ2n) is 8.44. The first-order valence-electron chi connectivity index (χ1n) is 10.1. The van der Waals surface area contributed by atoms with Crippen LogP contribution in [0.4, 0.5) is 4.79 Å². The molecule has 0 unspecified atom stereocenters. The molecule has 0 saturated heterocycles. The molecule has 0 bridgehead atoms. The molecule has 0 aliphatic heterocycles. The number of nitrogens with one attached hydrogen (secondary N) is 2. The van der Waals surface area contributed by atoms with Gasteiger partial charge in [0, 0.05) is 16.3 Å². The van der Waals surface area contributed by atoms with Gasteiger partial charge in [-0.25, -0.2) is 4.79 Å². The van der Waals surface area contributed by atoms with Gasteiger partial charge in [-0.1, -0.05) is 53.7 Å².